The molecular weight excluding hydrogens is 232 g/mol. The summed E-state index contributed by atoms with van der Waals surface area (Å²) in [6, 6.07) is 8.61. The Morgan fingerprint density at radius 1 is 1.29 bits per heavy atom. The minimum Gasteiger partial charge on any atom is -0.377 e. The summed E-state index contributed by atoms with van der Waals surface area (Å²) < 4.78 is 3.99. The minimum atomic E-state index is 0.862. The monoisotopic (exact) mass is 246 g/mol. The predicted octanol–water partition coefficient (Wildman–Crippen LogP) is 2.10. The van der Waals surface area contributed by atoms with E-state index in [0.717, 1.165) is 30.3 Å². The Kier molecular flexibility index (Phi) is 2.78. The number of hydrogen-bond donors (Lipinski definition) is 1. The minimum absolute atomic E-state index is 0.862. The van der Waals surface area contributed by atoms with Crippen LogP contribution in [0.15, 0.2) is 24.3 Å². The zero-order valence-electron chi connectivity index (χ0n) is 9.68. The van der Waals surface area contributed by atoms with E-state index in [0.29, 0.717) is 0 Å². The van der Waals surface area contributed by atoms with Crippen molar-refractivity contribution in [1.29, 1.82) is 0 Å². The summed E-state index contributed by atoms with van der Waals surface area (Å²) >= 11 is 1.42. The van der Waals surface area contributed by atoms with Gasteiger partial charge in [0.2, 0.25) is 0 Å². The van der Waals surface area contributed by atoms with Crippen molar-refractivity contribution in [2.75, 3.05) is 12.4 Å². The highest BCUT2D eigenvalue weighted by atomic mass is 32.1. The van der Waals surface area contributed by atoms with Crippen molar-refractivity contribution in [3.8, 4) is 0 Å². The van der Waals surface area contributed by atoms with E-state index >= 15 is 0 Å². The van der Waals surface area contributed by atoms with E-state index in [1.165, 1.54) is 22.7 Å². The number of hydrogen-bond acceptors (Lipinski definition) is 5. The van der Waals surface area contributed by atoms with E-state index in [-0.39, 0.29) is 0 Å². The van der Waals surface area contributed by atoms with Crippen molar-refractivity contribution in [2.45, 2.75) is 19.6 Å². The number of fused-ring (bicyclic) bond motifs is 1. The number of nitrogens with zero attached hydrogens (tertiary/aromatic N) is 3. The molecular formula is C12H14N4S. The van der Waals surface area contributed by atoms with Crippen LogP contribution in [0.5, 0.6) is 0 Å². The number of benzene rings is 1. The molecule has 1 N–H and O–H groups in total. The standard InChI is InChI=1S/C12H14N4S/c1-13-12-11(14-15-17-12)8-16-6-9-4-2-3-5-10(9)7-16/h2-5,13H,6-8H2,1H3. The maximum absolute atomic E-state index is 4.18. The van der Waals surface area contributed by atoms with Gasteiger partial charge in [0, 0.05) is 38.2 Å². The Morgan fingerprint density at radius 2 is 2.00 bits per heavy atom. The van der Waals surface area contributed by atoms with E-state index in [2.05, 4.69) is 44.1 Å². The van der Waals surface area contributed by atoms with Crippen LogP contribution in [0.2, 0.25) is 0 Å². The number of anilines is 1. The zero-order chi connectivity index (χ0) is 11.7. The van der Waals surface area contributed by atoms with Crippen LogP contribution < -0.4 is 5.32 Å². The van der Waals surface area contributed by atoms with Crippen molar-refractivity contribution in [2.24, 2.45) is 0 Å². The second-order valence-corrected chi connectivity index (χ2v) is 4.97. The van der Waals surface area contributed by atoms with Gasteiger partial charge in [-0.05, 0) is 11.1 Å². The predicted molar refractivity (Wildman–Crippen MR) is 68.8 cm³/mol. The van der Waals surface area contributed by atoms with E-state index in [9.17, 15) is 0 Å². The molecule has 1 aromatic carbocycles. The van der Waals surface area contributed by atoms with Crippen LogP contribution in [0.3, 0.4) is 0 Å². The Morgan fingerprint density at radius 3 is 2.65 bits per heavy atom. The van der Waals surface area contributed by atoms with Crippen molar-refractivity contribution >= 4 is 16.5 Å². The lowest BCUT2D eigenvalue weighted by atomic mass is 10.1. The van der Waals surface area contributed by atoms with Gasteiger partial charge in [-0.2, -0.15) is 0 Å². The summed E-state index contributed by atoms with van der Waals surface area (Å²) in [5.74, 6) is 0. The third-order valence-electron chi connectivity index (χ3n) is 3.06. The summed E-state index contributed by atoms with van der Waals surface area (Å²) in [6.07, 6.45) is 0. The van der Waals surface area contributed by atoms with Crippen molar-refractivity contribution in [3.05, 3.63) is 41.1 Å². The lowest BCUT2D eigenvalue weighted by Gasteiger charge is -2.13. The van der Waals surface area contributed by atoms with Crippen LogP contribution in [-0.2, 0) is 19.6 Å². The lowest BCUT2D eigenvalue weighted by molar-refractivity contribution is 0.272. The fourth-order valence-electron chi connectivity index (χ4n) is 2.23. The summed E-state index contributed by atoms with van der Waals surface area (Å²) in [5, 5.41) is 8.39. The summed E-state index contributed by atoms with van der Waals surface area (Å²) in [5.41, 5.74) is 3.91. The van der Waals surface area contributed by atoms with Crippen LogP contribution in [0, 0.1) is 0 Å². The molecule has 0 aliphatic carbocycles. The molecule has 0 saturated heterocycles. The Bertz CT molecular complexity index is 498. The zero-order valence-corrected chi connectivity index (χ0v) is 10.5. The fraction of sp³-hybridized carbons (Fsp3) is 0.333. The molecule has 1 aliphatic heterocycles. The summed E-state index contributed by atoms with van der Waals surface area (Å²) in [4.78, 5) is 2.39. The van der Waals surface area contributed by atoms with E-state index in [1.807, 2.05) is 7.05 Å². The molecule has 0 saturated carbocycles. The average molecular weight is 246 g/mol. The van der Waals surface area contributed by atoms with Crippen molar-refractivity contribution in [3.63, 3.8) is 0 Å². The quantitative estimate of drug-likeness (QED) is 0.900. The number of rotatable bonds is 3. The molecule has 0 atom stereocenters. The molecule has 1 aliphatic rings. The van der Waals surface area contributed by atoms with E-state index in [1.54, 1.807) is 0 Å². The van der Waals surface area contributed by atoms with Gasteiger partial charge in [0.1, 0.15) is 10.7 Å². The van der Waals surface area contributed by atoms with Gasteiger partial charge in [-0.3, -0.25) is 4.90 Å². The van der Waals surface area contributed by atoms with E-state index in [4.69, 9.17) is 0 Å². The molecule has 0 amide bonds. The highest BCUT2D eigenvalue weighted by Gasteiger charge is 2.20. The Labute approximate surface area is 104 Å². The SMILES string of the molecule is CNc1snnc1CN1Cc2ccccc2C1. The topological polar surface area (TPSA) is 41.1 Å². The molecule has 0 unspecified atom stereocenters. The molecule has 0 bridgehead atoms. The first kappa shape index (κ1) is 10.7. The maximum Gasteiger partial charge on any atom is 0.134 e. The maximum atomic E-state index is 4.18. The molecule has 1 aromatic heterocycles. The lowest BCUT2D eigenvalue weighted by Crippen LogP contribution is -2.16. The molecule has 0 fully saturated rings. The molecule has 4 nitrogen and oxygen atoms in total. The molecule has 0 radical (unpaired) electrons. The van der Waals surface area contributed by atoms with Gasteiger partial charge in [0.25, 0.3) is 0 Å². The van der Waals surface area contributed by atoms with Crippen LogP contribution in [0.25, 0.3) is 0 Å². The summed E-state index contributed by atoms with van der Waals surface area (Å²) in [6.45, 7) is 2.88. The summed E-state index contributed by atoms with van der Waals surface area (Å²) in [7, 11) is 1.91. The molecule has 0 spiro atoms. The second-order valence-electron chi connectivity index (χ2n) is 4.21. The smallest absolute Gasteiger partial charge is 0.134 e. The van der Waals surface area contributed by atoms with Crippen molar-refractivity contribution < 1.29 is 0 Å². The van der Waals surface area contributed by atoms with Crippen molar-refractivity contribution in [1.82, 2.24) is 14.5 Å². The van der Waals surface area contributed by atoms with Crippen LogP contribution in [0.4, 0.5) is 5.00 Å². The molecule has 88 valence electrons. The van der Waals surface area contributed by atoms with Gasteiger partial charge in [-0.15, -0.1) is 5.10 Å². The van der Waals surface area contributed by atoms with Crippen LogP contribution >= 0.6 is 11.5 Å². The second kappa shape index (κ2) is 4.43. The van der Waals surface area contributed by atoms with Gasteiger partial charge in [-0.1, -0.05) is 28.8 Å². The molecule has 17 heavy (non-hydrogen) atoms. The van der Waals surface area contributed by atoms with Crippen LogP contribution in [-0.4, -0.2) is 21.5 Å². The first-order valence-electron chi connectivity index (χ1n) is 5.65. The van der Waals surface area contributed by atoms with E-state index < -0.39 is 0 Å². The first-order chi connectivity index (χ1) is 8.36. The van der Waals surface area contributed by atoms with Gasteiger partial charge >= 0.3 is 0 Å². The number of nitrogens with one attached hydrogen (secondary N) is 1. The highest BCUT2D eigenvalue weighted by molar-refractivity contribution is 7.10. The normalized spacial score (nSPS) is 14.9. The Hall–Kier alpha value is -1.46. The highest BCUT2D eigenvalue weighted by Crippen LogP contribution is 2.26. The Balaban J connectivity index is 1.74. The molecule has 2 heterocycles. The fourth-order valence-corrected chi connectivity index (χ4v) is 2.75. The molecule has 2 aromatic rings. The van der Waals surface area contributed by atoms with Gasteiger partial charge in [0.05, 0.1) is 0 Å². The first-order valence-corrected chi connectivity index (χ1v) is 6.42. The molecule has 3 rings (SSSR count). The largest absolute Gasteiger partial charge is 0.377 e. The number of aromatic nitrogens is 2. The third-order valence-corrected chi connectivity index (χ3v) is 3.85. The molecule has 5 heteroatoms. The third kappa shape index (κ3) is 2.03. The van der Waals surface area contributed by atoms with Crippen LogP contribution in [0.1, 0.15) is 16.8 Å². The van der Waals surface area contributed by atoms with Gasteiger partial charge in [0.15, 0.2) is 0 Å². The van der Waals surface area contributed by atoms with Gasteiger partial charge < -0.3 is 5.32 Å². The average Bonchev–Trinajstić information content (AvgIpc) is 2.94. The van der Waals surface area contributed by atoms with Gasteiger partial charge in [-0.25, -0.2) is 0 Å².